The van der Waals surface area contributed by atoms with E-state index >= 15 is 0 Å². The maximum absolute atomic E-state index is 12.3. The topological polar surface area (TPSA) is 38.3 Å². The second kappa shape index (κ2) is 4.83. The highest BCUT2D eigenvalue weighted by molar-refractivity contribution is 5.93. The van der Waals surface area contributed by atoms with Gasteiger partial charge in [-0.2, -0.15) is 0 Å². The Labute approximate surface area is 113 Å². The van der Waals surface area contributed by atoms with Crippen LogP contribution >= 0.6 is 0 Å². The minimum Gasteiger partial charge on any atom is -0.497 e. The van der Waals surface area contributed by atoms with Gasteiger partial charge in [0.05, 0.1) is 12.5 Å². The van der Waals surface area contributed by atoms with E-state index in [1.54, 1.807) is 7.11 Å². The van der Waals surface area contributed by atoms with Crippen LogP contribution in [0.1, 0.15) is 25.8 Å². The van der Waals surface area contributed by atoms with E-state index in [9.17, 15) is 9.18 Å². The van der Waals surface area contributed by atoms with E-state index in [0.29, 0.717) is 0 Å². The highest BCUT2D eigenvalue weighted by Crippen LogP contribution is 2.64. The highest BCUT2D eigenvalue weighted by Gasteiger charge is 2.66. The molecule has 1 N–H and O–H groups in total. The van der Waals surface area contributed by atoms with Crippen molar-refractivity contribution < 1.29 is 13.9 Å². The first-order valence-corrected chi connectivity index (χ1v) is 6.47. The Kier molecular flexibility index (Phi) is 3.52. The number of hydrogen-bond acceptors (Lipinski definition) is 2. The molecule has 1 atom stereocenters. The van der Waals surface area contributed by atoms with Gasteiger partial charge in [0.1, 0.15) is 12.4 Å². The van der Waals surface area contributed by atoms with E-state index in [1.807, 2.05) is 24.3 Å². The van der Waals surface area contributed by atoms with Crippen LogP contribution in [-0.4, -0.2) is 26.2 Å². The van der Waals surface area contributed by atoms with Gasteiger partial charge in [0, 0.05) is 6.54 Å². The van der Waals surface area contributed by atoms with Gasteiger partial charge < -0.3 is 10.1 Å². The van der Waals surface area contributed by atoms with Crippen LogP contribution in [0.3, 0.4) is 0 Å². The molecule has 19 heavy (non-hydrogen) atoms. The van der Waals surface area contributed by atoms with Crippen LogP contribution in [-0.2, 0) is 10.2 Å². The minimum atomic E-state index is -0.537. The van der Waals surface area contributed by atoms with Gasteiger partial charge in [-0.1, -0.05) is 26.0 Å². The molecule has 0 aliphatic heterocycles. The van der Waals surface area contributed by atoms with Crippen LogP contribution in [0, 0.1) is 5.41 Å². The SMILES string of the molecule is COc1ccc([C@@]2(C(=O)NCCF)CC2(C)C)cc1. The largest absolute Gasteiger partial charge is 0.497 e. The van der Waals surface area contributed by atoms with Crippen LogP contribution in [0.25, 0.3) is 0 Å². The smallest absolute Gasteiger partial charge is 0.231 e. The van der Waals surface area contributed by atoms with Crippen LogP contribution in [0.15, 0.2) is 24.3 Å². The molecule has 0 spiro atoms. The van der Waals surface area contributed by atoms with Gasteiger partial charge in [-0.05, 0) is 29.5 Å². The molecule has 1 saturated carbocycles. The third-order valence-electron chi connectivity index (χ3n) is 4.09. The first-order valence-electron chi connectivity index (χ1n) is 6.47. The fourth-order valence-corrected chi connectivity index (χ4v) is 2.82. The molecule has 2 rings (SSSR count). The van der Waals surface area contributed by atoms with Crippen molar-refractivity contribution in [2.75, 3.05) is 20.3 Å². The number of hydrogen-bond donors (Lipinski definition) is 1. The van der Waals surface area contributed by atoms with Gasteiger partial charge in [0.15, 0.2) is 0 Å². The zero-order chi connectivity index (χ0) is 14.1. The summed E-state index contributed by atoms with van der Waals surface area (Å²) in [6.07, 6.45) is 0.782. The van der Waals surface area contributed by atoms with Gasteiger partial charge in [-0.25, -0.2) is 4.39 Å². The monoisotopic (exact) mass is 265 g/mol. The molecule has 1 aliphatic carbocycles. The molecular weight excluding hydrogens is 245 g/mol. The van der Waals surface area contributed by atoms with Crippen molar-refractivity contribution in [3.05, 3.63) is 29.8 Å². The molecule has 104 valence electrons. The van der Waals surface area contributed by atoms with E-state index in [-0.39, 0.29) is 17.9 Å². The highest BCUT2D eigenvalue weighted by atomic mass is 19.1. The number of amides is 1. The Morgan fingerprint density at radius 2 is 1.95 bits per heavy atom. The third-order valence-corrected chi connectivity index (χ3v) is 4.09. The van der Waals surface area contributed by atoms with Gasteiger partial charge in [0.2, 0.25) is 5.91 Å². The second-order valence-electron chi connectivity index (χ2n) is 5.64. The number of carbonyl (C=O) groups is 1. The number of nitrogens with one attached hydrogen (secondary N) is 1. The molecule has 0 aromatic heterocycles. The lowest BCUT2D eigenvalue weighted by Crippen LogP contribution is -2.38. The average molecular weight is 265 g/mol. The summed E-state index contributed by atoms with van der Waals surface area (Å²) >= 11 is 0. The number of benzene rings is 1. The van der Waals surface area contributed by atoms with E-state index in [4.69, 9.17) is 4.74 Å². The zero-order valence-corrected chi connectivity index (χ0v) is 11.6. The number of halogens is 1. The molecule has 1 aliphatic rings. The van der Waals surface area contributed by atoms with Crippen molar-refractivity contribution in [3.8, 4) is 5.75 Å². The van der Waals surface area contributed by atoms with Gasteiger partial charge in [-0.3, -0.25) is 4.79 Å². The summed E-state index contributed by atoms with van der Waals surface area (Å²) in [5, 5.41) is 2.67. The van der Waals surface area contributed by atoms with Crippen molar-refractivity contribution in [1.82, 2.24) is 5.32 Å². The van der Waals surface area contributed by atoms with Gasteiger partial charge in [-0.15, -0.1) is 0 Å². The van der Waals surface area contributed by atoms with Crippen LogP contribution < -0.4 is 10.1 Å². The van der Waals surface area contributed by atoms with E-state index < -0.39 is 12.1 Å². The second-order valence-corrected chi connectivity index (χ2v) is 5.64. The molecule has 1 amide bonds. The fraction of sp³-hybridized carbons (Fsp3) is 0.533. The lowest BCUT2D eigenvalue weighted by molar-refractivity contribution is -0.124. The maximum Gasteiger partial charge on any atom is 0.231 e. The summed E-state index contributed by atoms with van der Waals surface area (Å²) in [5.74, 6) is 0.682. The Morgan fingerprint density at radius 1 is 1.37 bits per heavy atom. The molecule has 1 aromatic carbocycles. The third kappa shape index (κ3) is 2.20. The fourth-order valence-electron chi connectivity index (χ4n) is 2.82. The van der Waals surface area contributed by atoms with E-state index in [0.717, 1.165) is 17.7 Å². The number of ether oxygens (including phenoxy) is 1. The predicted octanol–water partition coefficient (Wildman–Crippen LogP) is 2.45. The molecule has 0 radical (unpaired) electrons. The maximum atomic E-state index is 12.3. The molecule has 0 unspecified atom stereocenters. The Balaban J connectivity index is 2.27. The first-order chi connectivity index (χ1) is 8.98. The molecule has 3 nitrogen and oxygen atoms in total. The average Bonchev–Trinajstić information content (AvgIpc) is 3.00. The van der Waals surface area contributed by atoms with Crippen molar-refractivity contribution in [1.29, 1.82) is 0 Å². The number of rotatable bonds is 5. The Hall–Kier alpha value is -1.58. The summed E-state index contributed by atoms with van der Waals surface area (Å²) < 4.78 is 17.4. The van der Waals surface area contributed by atoms with Gasteiger partial charge >= 0.3 is 0 Å². The molecule has 0 heterocycles. The normalized spacial score (nSPS) is 23.8. The molecule has 0 saturated heterocycles. The number of carbonyl (C=O) groups excluding carboxylic acids is 1. The minimum absolute atomic E-state index is 0.0762. The molecule has 0 bridgehead atoms. The lowest BCUT2D eigenvalue weighted by Gasteiger charge is -2.20. The molecule has 1 fully saturated rings. The van der Waals surface area contributed by atoms with Crippen molar-refractivity contribution in [2.24, 2.45) is 5.41 Å². The van der Waals surface area contributed by atoms with Crippen LogP contribution in [0.5, 0.6) is 5.75 Å². The van der Waals surface area contributed by atoms with Crippen LogP contribution in [0.4, 0.5) is 4.39 Å². The summed E-state index contributed by atoms with van der Waals surface area (Å²) in [6, 6.07) is 7.55. The van der Waals surface area contributed by atoms with E-state index in [1.165, 1.54) is 0 Å². The summed E-state index contributed by atoms with van der Waals surface area (Å²) in [5.41, 5.74) is 0.339. The number of alkyl halides is 1. The summed E-state index contributed by atoms with van der Waals surface area (Å²) in [4.78, 5) is 12.3. The van der Waals surface area contributed by atoms with E-state index in [2.05, 4.69) is 19.2 Å². The predicted molar refractivity (Wildman–Crippen MR) is 72.1 cm³/mol. The van der Waals surface area contributed by atoms with Crippen molar-refractivity contribution in [3.63, 3.8) is 0 Å². The number of methoxy groups -OCH3 is 1. The zero-order valence-electron chi connectivity index (χ0n) is 11.6. The summed E-state index contributed by atoms with van der Waals surface area (Å²) in [7, 11) is 1.61. The molecule has 1 aromatic rings. The summed E-state index contributed by atoms with van der Waals surface area (Å²) in [6.45, 7) is 3.66. The first kappa shape index (κ1) is 13.8. The molecule has 4 heteroatoms. The molecular formula is C15H20FNO2. The Bertz CT molecular complexity index is 470. The standard InChI is InChI=1S/C15H20FNO2/c1-14(2)10-15(14,13(18)17-9-8-16)11-4-6-12(19-3)7-5-11/h4-7H,8-10H2,1-3H3,(H,17,18)/t15-/m1/s1. The van der Waals surface area contributed by atoms with Crippen molar-refractivity contribution in [2.45, 2.75) is 25.7 Å². The van der Waals surface area contributed by atoms with Crippen LogP contribution in [0.2, 0.25) is 0 Å². The quantitative estimate of drug-likeness (QED) is 0.888. The lowest BCUT2D eigenvalue weighted by atomic mass is 9.87. The van der Waals surface area contributed by atoms with Crippen molar-refractivity contribution >= 4 is 5.91 Å². The van der Waals surface area contributed by atoms with Gasteiger partial charge in [0.25, 0.3) is 0 Å². The Morgan fingerprint density at radius 3 is 2.37 bits per heavy atom.